The first-order chi connectivity index (χ1) is 6.93. The van der Waals surface area contributed by atoms with Crippen molar-refractivity contribution in [1.82, 2.24) is 10.2 Å². The van der Waals surface area contributed by atoms with Gasteiger partial charge in [-0.3, -0.25) is 4.90 Å². The van der Waals surface area contributed by atoms with Gasteiger partial charge in [-0.25, -0.2) is 0 Å². The molecule has 0 atom stereocenters. The molecule has 2 nitrogen and oxygen atoms in total. The van der Waals surface area contributed by atoms with Gasteiger partial charge in [0, 0.05) is 45.6 Å². The number of nitrogens with one attached hydrogen (secondary N) is 1. The fourth-order valence-corrected chi connectivity index (χ4v) is 1.36. The van der Waals surface area contributed by atoms with Gasteiger partial charge in [-0.2, -0.15) is 0 Å². The predicted molar refractivity (Wildman–Crippen MR) is 63.3 cm³/mol. The Kier molecular flexibility index (Phi) is 10.2. The highest BCUT2D eigenvalue weighted by molar-refractivity contribution is 4.98. The summed E-state index contributed by atoms with van der Waals surface area (Å²) in [5, 5.41) is 3.34. The highest BCUT2D eigenvalue weighted by Gasteiger charge is 2.06. The summed E-state index contributed by atoms with van der Waals surface area (Å²) in [5.74, 6) is 6.27. The van der Waals surface area contributed by atoms with Crippen LogP contribution < -0.4 is 5.32 Å². The molecule has 82 valence electrons. The average molecular weight is 196 g/mol. The maximum Gasteiger partial charge on any atom is 0.0217 e. The van der Waals surface area contributed by atoms with Gasteiger partial charge in [0.15, 0.2) is 0 Å². The van der Waals surface area contributed by atoms with E-state index in [0.717, 1.165) is 32.5 Å². The number of nitrogens with zero attached hydrogens (tertiary/aromatic N) is 1. The molecule has 0 aromatic heterocycles. The molecule has 0 radical (unpaired) electrons. The van der Waals surface area contributed by atoms with Crippen LogP contribution in [0.1, 0.15) is 33.6 Å². The summed E-state index contributed by atoms with van der Waals surface area (Å²) in [4.78, 5) is 2.47. The Labute approximate surface area is 89.1 Å². The molecule has 1 heterocycles. The topological polar surface area (TPSA) is 15.3 Å². The van der Waals surface area contributed by atoms with E-state index < -0.39 is 0 Å². The van der Waals surface area contributed by atoms with Crippen LogP contribution in [-0.2, 0) is 0 Å². The van der Waals surface area contributed by atoms with E-state index in [4.69, 9.17) is 0 Å². The van der Waals surface area contributed by atoms with E-state index in [1.54, 1.807) is 0 Å². The molecule has 0 aromatic carbocycles. The normalized spacial score (nSPS) is 16.2. The van der Waals surface area contributed by atoms with E-state index >= 15 is 0 Å². The molecule has 1 rings (SSSR count). The van der Waals surface area contributed by atoms with E-state index in [1.807, 2.05) is 13.8 Å². The zero-order valence-electron chi connectivity index (χ0n) is 9.90. The van der Waals surface area contributed by atoms with Gasteiger partial charge in [0.1, 0.15) is 0 Å². The van der Waals surface area contributed by atoms with Gasteiger partial charge in [-0.1, -0.05) is 20.8 Å². The van der Waals surface area contributed by atoms with Gasteiger partial charge in [0.2, 0.25) is 0 Å². The summed E-state index contributed by atoms with van der Waals surface area (Å²) in [6.45, 7) is 11.9. The highest BCUT2D eigenvalue weighted by Crippen LogP contribution is 1.93. The minimum Gasteiger partial charge on any atom is -0.314 e. The van der Waals surface area contributed by atoms with Crippen LogP contribution in [0, 0.1) is 11.8 Å². The Morgan fingerprint density at radius 1 is 1.14 bits per heavy atom. The second-order valence-corrected chi connectivity index (χ2v) is 3.05. The smallest absolute Gasteiger partial charge is 0.0217 e. The Morgan fingerprint density at radius 2 is 1.79 bits per heavy atom. The van der Waals surface area contributed by atoms with Crippen molar-refractivity contribution in [2.24, 2.45) is 0 Å². The maximum atomic E-state index is 3.34. The summed E-state index contributed by atoms with van der Waals surface area (Å²) in [5.41, 5.74) is 0. The van der Waals surface area contributed by atoms with E-state index in [1.165, 1.54) is 13.1 Å². The second-order valence-electron chi connectivity index (χ2n) is 3.05. The first kappa shape index (κ1) is 13.5. The molecule has 1 aliphatic rings. The van der Waals surface area contributed by atoms with Gasteiger partial charge in [0.25, 0.3) is 0 Å². The summed E-state index contributed by atoms with van der Waals surface area (Å²) < 4.78 is 0. The van der Waals surface area contributed by atoms with Crippen molar-refractivity contribution in [2.45, 2.75) is 33.6 Å². The lowest BCUT2D eigenvalue weighted by molar-refractivity contribution is 0.246. The quantitative estimate of drug-likeness (QED) is 0.677. The number of hydrogen-bond donors (Lipinski definition) is 1. The van der Waals surface area contributed by atoms with Gasteiger partial charge in [-0.15, -0.1) is 11.8 Å². The molecular formula is C12H24N2. The number of rotatable bonds is 2. The van der Waals surface area contributed by atoms with E-state index in [-0.39, 0.29) is 0 Å². The fraction of sp³-hybridized carbons (Fsp3) is 0.833. The third-order valence-corrected chi connectivity index (χ3v) is 2.06. The first-order valence-electron chi connectivity index (χ1n) is 5.82. The summed E-state index contributed by atoms with van der Waals surface area (Å²) in [6.07, 6.45) is 2.02. The molecule has 1 saturated heterocycles. The Hall–Kier alpha value is -0.520. The molecular weight excluding hydrogens is 172 g/mol. The van der Waals surface area contributed by atoms with Crippen molar-refractivity contribution in [3.05, 3.63) is 0 Å². The fourth-order valence-electron chi connectivity index (χ4n) is 1.36. The zero-order valence-corrected chi connectivity index (χ0v) is 9.90. The molecule has 0 unspecified atom stereocenters. The van der Waals surface area contributed by atoms with Crippen molar-refractivity contribution in [1.29, 1.82) is 0 Å². The molecule has 0 saturated carbocycles. The lowest BCUT2D eigenvalue weighted by Crippen LogP contribution is -2.43. The van der Waals surface area contributed by atoms with Crippen LogP contribution in [0.4, 0.5) is 0 Å². The van der Waals surface area contributed by atoms with E-state index in [2.05, 4.69) is 29.0 Å². The van der Waals surface area contributed by atoms with Crippen LogP contribution in [0.5, 0.6) is 0 Å². The minimum atomic E-state index is 0.988. The van der Waals surface area contributed by atoms with Crippen LogP contribution in [0.2, 0.25) is 0 Å². The third-order valence-electron chi connectivity index (χ3n) is 2.06. The first-order valence-corrected chi connectivity index (χ1v) is 5.82. The largest absolute Gasteiger partial charge is 0.314 e. The molecule has 2 heteroatoms. The SMILES string of the molecule is CC.CCC#CCCN1CCNCC1. The van der Waals surface area contributed by atoms with Gasteiger partial charge >= 0.3 is 0 Å². The monoisotopic (exact) mass is 196 g/mol. The summed E-state index contributed by atoms with van der Waals surface area (Å²) in [7, 11) is 0. The van der Waals surface area contributed by atoms with Crippen molar-refractivity contribution in [3.8, 4) is 11.8 Å². The molecule has 1 aliphatic heterocycles. The van der Waals surface area contributed by atoms with Gasteiger partial charge in [-0.05, 0) is 0 Å². The molecule has 0 amide bonds. The lowest BCUT2D eigenvalue weighted by atomic mass is 10.3. The summed E-state index contributed by atoms with van der Waals surface area (Å²) >= 11 is 0. The Bertz CT molecular complexity index is 161. The van der Waals surface area contributed by atoms with E-state index in [0.29, 0.717) is 0 Å². The van der Waals surface area contributed by atoms with Crippen LogP contribution in [0.3, 0.4) is 0 Å². The molecule has 1 fully saturated rings. The van der Waals surface area contributed by atoms with Gasteiger partial charge < -0.3 is 5.32 Å². The standard InChI is InChI=1S/C10H18N2.C2H6/c1-2-3-4-5-8-12-9-6-11-7-10-12;1-2/h11H,2,5-10H2,1H3;1-2H3. The highest BCUT2D eigenvalue weighted by atomic mass is 15.2. The predicted octanol–water partition coefficient (Wildman–Crippen LogP) is 1.72. The second kappa shape index (κ2) is 10.6. The Balaban J connectivity index is 0.000000791. The number of piperazine rings is 1. The van der Waals surface area contributed by atoms with Crippen molar-refractivity contribution < 1.29 is 0 Å². The van der Waals surface area contributed by atoms with Crippen molar-refractivity contribution in [2.75, 3.05) is 32.7 Å². The van der Waals surface area contributed by atoms with Gasteiger partial charge in [0.05, 0.1) is 0 Å². The molecule has 0 aliphatic carbocycles. The van der Waals surface area contributed by atoms with Crippen LogP contribution >= 0.6 is 0 Å². The van der Waals surface area contributed by atoms with Crippen molar-refractivity contribution >= 4 is 0 Å². The molecule has 14 heavy (non-hydrogen) atoms. The maximum absolute atomic E-state index is 3.34. The average Bonchev–Trinajstić information content (AvgIpc) is 2.29. The van der Waals surface area contributed by atoms with Crippen LogP contribution in [0.25, 0.3) is 0 Å². The third kappa shape index (κ3) is 6.94. The molecule has 0 spiro atoms. The minimum absolute atomic E-state index is 0.988. The van der Waals surface area contributed by atoms with Crippen molar-refractivity contribution in [3.63, 3.8) is 0 Å². The lowest BCUT2D eigenvalue weighted by Gasteiger charge is -2.26. The van der Waals surface area contributed by atoms with E-state index in [9.17, 15) is 0 Å². The molecule has 0 aromatic rings. The Morgan fingerprint density at radius 3 is 2.36 bits per heavy atom. The van der Waals surface area contributed by atoms with Crippen LogP contribution in [0.15, 0.2) is 0 Å². The van der Waals surface area contributed by atoms with Crippen LogP contribution in [-0.4, -0.2) is 37.6 Å². The molecule has 1 N–H and O–H groups in total. The molecule has 0 bridgehead atoms. The zero-order chi connectivity index (χ0) is 10.6. The summed E-state index contributed by atoms with van der Waals surface area (Å²) in [6, 6.07) is 0. The number of hydrogen-bond acceptors (Lipinski definition) is 2.